The molecule has 0 atom stereocenters. The van der Waals surface area contributed by atoms with Crippen molar-refractivity contribution in [1.82, 2.24) is 4.90 Å². The largest absolute Gasteiger partial charge is 0.339 e. The second-order valence-corrected chi connectivity index (χ2v) is 4.05. The number of benzene rings is 1. The lowest BCUT2D eigenvalue weighted by atomic mass is 9.98. The lowest BCUT2D eigenvalue weighted by molar-refractivity contribution is -0.128. The minimum atomic E-state index is 0.0853. The fourth-order valence-corrected chi connectivity index (χ4v) is 2.02. The molecule has 0 N–H and O–H groups in total. The normalized spacial score (nSPS) is 15.4. The maximum atomic E-state index is 11.2. The van der Waals surface area contributed by atoms with Gasteiger partial charge >= 0.3 is 0 Å². The lowest BCUT2D eigenvalue weighted by Crippen LogP contribution is -2.32. The Bertz CT molecular complexity index is 480. The molecule has 2 rings (SSSR count). The number of carbonyl (C=O) groups is 1. The molecule has 0 spiro atoms. The summed E-state index contributed by atoms with van der Waals surface area (Å²) in [5, 5.41) is 3.03. The van der Waals surface area contributed by atoms with Gasteiger partial charge in [0.05, 0.1) is 0 Å². The zero-order valence-electron chi connectivity index (χ0n) is 9.72. The van der Waals surface area contributed by atoms with Gasteiger partial charge in [0, 0.05) is 25.6 Å². The van der Waals surface area contributed by atoms with Crippen LogP contribution in [0.5, 0.6) is 0 Å². The van der Waals surface area contributed by atoms with Gasteiger partial charge in [-0.15, -0.1) is 4.91 Å². The van der Waals surface area contributed by atoms with Crippen LogP contribution in [0.25, 0.3) is 5.57 Å². The Hall–Kier alpha value is -1.97. The number of nitrogens with zero attached hydrogens (tertiary/aromatic N) is 2. The van der Waals surface area contributed by atoms with Crippen molar-refractivity contribution < 1.29 is 4.79 Å². The van der Waals surface area contributed by atoms with Crippen molar-refractivity contribution in [3.05, 3.63) is 40.8 Å². The van der Waals surface area contributed by atoms with Crippen LogP contribution in [0.2, 0.25) is 0 Å². The molecular weight excluding hydrogens is 216 g/mol. The molecule has 0 saturated heterocycles. The van der Waals surface area contributed by atoms with Crippen molar-refractivity contribution in [2.75, 3.05) is 13.1 Å². The smallest absolute Gasteiger partial charge is 0.219 e. The molecule has 4 nitrogen and oxygen atoms in total. The van der Waals surface area contributed by atoms with E-state index in [1.165, 1.54) is 0 Å². The monoisotopic (exact) mass is 230 g/mol. The maximum absolute atomic E-state index is 11.2. The van der Waals surface area contributed by atoms with Crippen molar-refractivity contribution in [2.45, 2.75) is 13.3 Å². The van der Waals surface area contributed by atoms with E-state index in [4.69, 9.17) is 0 Å². The van der Waals surface area contributed by atoms with E-state index >= 15 is 0 Å². The third-order valence-electron chi connectivity index (χ3n) is 3.00. The minimum Gasteiger partial charge on any atom is -0.339 e. The first-order valence-corrected chi connectivity index (χ1v) is 5.59. The second kappa shape index (κ2) is 4.91. The van der Waals surface area contributed by atoms with E-state index in [9.17, 15) is 9.70 Å². The highest BCUT2D eigenvalue weighted by Crippen LogP contribution is 2.30. The lowest BCUT2D eigenvalue weighted by Gasteiger charge is -2.25. The second-order valence-electron chi connectivity index (χ2n) is 4.05. The van der Waals surface area contributed by atoms with Gasteiger partial charge in [-0.1, -0.05) is 24.3 Å². The standard InChI is InChI=1S/C13H14N2O2/c1-10(16)15-8-6-11(7-9-15)12-4-2-3-5-13(12)14-17/h2-6H,7-9H2,1H3. The van der Waals surface area contributed by atoms with Crippen molar-refractivity contribution in [3.8, 4) is 0 Å². The molecule has 4 heteroatoms. The van der Waals surface area contributed by atoms with Crippen LogP contribution >= 0.6 is 0 Å². The zero-order valence-corrected chi connectivity index (χ0v) is 9.72. The fraction of sp³-hybridized carbons (Fsp3) is 0.308. The van der Waals surface area contributed by atoms with E-state index in [0.29, 0.717) is 18.8 Å². The molecule has 1 aromatic carbocycles. The summed E-state index contributed by atoms with van der Waals surface area (Å²) in [6.45, 7) is 2.88. The molecule has 1 heterocycles. The molecule has 0 unspecified atom stereocenters. The van der Waals surface area contributed by atoms with Crippen molar-refractivity contribution >= 4 is 17.2 Å². The summed E-state index contributed by atoms with van der Waals surface area (Å²) < 4.78 is 0. The molecule has 1 amide bonds. The maximum Gasteiger partial charge on any atom is 0.219 e. The number of carbonyl (C=O) groups excluding carboxylic acids is 1. The molecule has 88 valence electrons. The summed E-state index contributed by atoms with van der Waals surface area (Å²) in [6, 6.07) is 7.29. The molecule has 17 heavy (non-hydrogen) atoms. The van der Waals surface area contributed by atoms with E-state index in [1.54, 1.807) is 24.0 Å². The van der Waals surface area contributed by atoms with E-state index in [2.05, 4.69) is 5.18 Å². The van der Waals surface area contributed by atoms with Gasteiger partial charge in [0.2, 0.25) is 5.91 Å². The molecule has 1 aromatic rings. The Kier molecular flexibility index (Phi) is 3.32. The molecule has 0 fully saturated rings. The Labute approximate surface area is 99.9 Å². The van der Waals surface area contributed by atoms with E-state index in [0.717, 1.165) is 17.6 Å². The van der Waals surface area contributed by atoms with Gasteiger partial charge in [0.1, 0.15) is 5.69 Å². The van der Waals surface area contributed by atoms with E-state index < -0.39 is 0 Å². The number of hydrogen-bond acceptors (Lipinski definition) is 3. The molecule has 0 bridgehead atoms. The Morgan fingerprint density at radius 1 is 1.35 bits per heavy atom. The van der Waals surface area contributed by atoms with Crippen molar-refractivity contribution in [3.63, 3.8) is 0 Å². The van der Waals surface area contributed by atoms with Crippen LogP contribution in [0.3, 0.4) is 0 Å². The summed E-state index contributed by atoms with van der Waals surface area (Å²) in [4.78, 5) is 23.7. The average Bonchev–Trinajstić information content (AvgIpc) is 2.39. The Morgan fingerprint density at radius 2 is 2.12 bits per heavy atom. The summed E-state index contributed by atoms with van der Waals surface area (Å²) in [5.41, 5.74) is 2.44. The third kappa shape index (κ3) is 2.41. The first-order valence-electron chi connectivity index (χ1n) is 5.59. The highest BCUT2D eigenvalue weighted by atomic mass is 16.3. The number of rotatable bonds is 2. The van der Waals surface area contributed by atoms with Crippen LogP contribution in [-0.2, 0) is 4.79 Å². The predicted octanol–water partition coefficient (Wildman–Crippen LogP) is 2.72. The molecule has 0 aliphatic carbocycles. The summed E-state index contributed by atoms with van der Waals surface area (Å²) >= 11 is 0. The Balaban J connectivity index is 2.25. The first-order chi connectivity index (χ1) is 8.22. The summed E-state index contributed by atoms with van der Waals surface area (Å²) in [5.74, 6) is 0.0853. The van der Waals surface area contributed by atoms with Gasteiger partial charge in [-0.05, 0) is 23.2 Å². The Morgan fingerprint density at radius 3 is 2.71 bits per heavy atom. The van der Waals surface area contributed by atoms with Gasteiger partial charge in [-0.3, -0.25) is 4.79 Å². The molecule has 1 aliphatic rings. The van der Waals surface area contributed by atoms with Crippen LogP contribution < -0.4 is 0 Å². The first kappa shape index (κ1) is 11.5. The predicted molar refractivity (Wildman–Crippen MR) is 66.7 cm³/mol. The van der Waals surface area contributed by atoms with Gasteiger partial charge in [0.25, 0.3) is 0 Å². The summed E-state index contributed by atoms with van der Waals surface area (Å²) in [6.07, 6.45) is 2.76. The topological polar surface area (TPSA) is 49.7 Å². The van der Waals surface area contributed by atoms with Gasteiger partial charge < -0.3 is 4.90 Å². The molecule has 0 saturated carbocycles. The van der Waals surface area contributed by atoms with Crippen LogP contribution in [0, 0.1) is 4.91 Å². The van der Waals surface area contributed by atoms with E-state index in [1.807, 2.05) is 18.2 Å². The van der Waals surface area contributed by atoms with Gasteiger partial charge in [-0.2, -0.15) is 0 Å². The summed E-state index contributed by atoms with van der Waals surface area (Å²) in [7, 11) is 0. The zero-order chi connectivity index (χ0) is 12.3. The van der Waals surface area contributed by atoms with Crippen LogP contribution in [0.4, 0.5) is 5.69 Å². The number of nitroso groups, excluding NO2 is 1. The highest BCUT2D eigenvalue weighted by molar-refractivity contribution is 5.78. The van der Waals surface area contributed by atoms with Crippen LogP contribution in [-0.4, -0.2) is 23.9 Å². The molecule has 0 radical (unpaired) electrons. The SMILES string of the molecule is CC(=O)N1CC=C(c2ccccc2N=O)CC1. The molecular formula is C13H14N2O2. The van der Waals surface area contributed by atoms with Gasteiger partial charge in [0.15, 0.2) is 0 Å². The minimum absolute atomic E-state index is 0.0853. The number of hydrogen-bond donors (Lipinski definition) is 0. The quantitative estimate of drug-likeness (QED) is 0.733. The number of amides is 1. The fourth-order valence-electron chi connectivity index (χ4n) is 2.02. The van der Waals surface area contributed by atoms with E-state index in [-0.39, 0.29) is 5.91 Å². The van der Waals surface area contributed by atoms with Crippen molar-refractivity contribution in [1.29, 1.82) is 0 Å². The molecule has 0 aromatic heterocycles. The van der Waals surface area contributed by atoms with Gasteiger partial charge in [-0.25, -0.2) is 0 Å². The van der Waals surface area contributed by atoms with Crippen LogP contribution in [0.1, 0.15) is 18.9 Å². The van der Waals surface area contributed by atoms with Crippen molar-refractivity contribution in [2.24, 2.45) is 5.18 Å². The third-order valence-corrected chi connectivity index (χ3v) is 3.00. The average molecular weight is 230 g/mol. The highest BCUT2D eigenvalue weighted by Gasteiger charge is 2.16. The van der Waals surface area contributed by atoms with Crippen LogP contribution in [0.15, 0.2) is 35.5 Å². The molecule has 1 aliphatic heterocycles.